The predicted molar refractivity (Wildman–Crippen MR) is 242 cm³/mol. The van der Waals surface area contributed by atoms with E-state index in [1.54, 1.807) is 0 Å². The van der Waals surface area contributed by atoms with E-state index >= 15 is 0 Å². The maximum atomic E-state index is 5.11. The molecule has 11 rings (SSSR count). The molecule has 0 atom stereocenters. The van der Waals surface area contributed by atoms with Gasteiger partial charge in [-0.1, -0.05) is 206 Å². The Kier molecular flexibility index (Phi) is 8.19. The van der Waals surface area contributed by atoms with Crippen LogP contribution in [0.1, 0.15) is 0 Å². The van der Waals surface area contributed by atoms with Crippen molar-refractivity contribution in [1.82, 2.24) is 9.97 Å². The summed E-state index contributed by atoms with van der Waals surface area (Å²) in [5, 5.41) is 2.65. The molecule has 1 heterocycles. The first-order chi connectivity index (χ1) is 28.7. The largest absolute Gasteiger partial charge is 0.228 e. The van der Waals surface area contributed by atoms with Crippen molar-refractivity contribution in [3.05, 3.63) is 218 Å². The zero-order valence-corrected chi connectivity index (χ0v) is 31.7. The van der Waals surface area contributed by atoms with Crippen LogP contribution in [0.15, 0.2) is 218 Å². The van der Waals surface area contributed by atoms with Gasteiger partial charge in [0.15, 0.2) is 5.82 Å². The molecule has 2 nitrogen and oxygen atoms in total. The third-order valence-corrected chi connectivity index (χ3v) is 11.5. The average Bonchev–Trinajstić information content (AvgIpc) is 3.64. The molecule has 0 spiro atoms. The Morgan fingerprint density at radius 2 is 0.655 bits per heavy atom. The summed E-state index contributed by atoms with van der Waals surface area (Å²) >= 11 is 0. The molecule has 0 bridgehead atoms. The third-order valence-electron chi connectivity index (χ3n) is 11.5. The highest BCUT2D eigenvalue weighted by molar-refractivity contribution is 6.18. The van der Waals surface area contributed by atoms with Crippen LogP contribution in [0.5, 0.6) is 0 Å². The van der Waals surface area contributed by atoms with Gasteiger partial charge in [-0.15, -0.1) is 0 Å². The van der Waals surface area contributed by atoms with E-state index in [0.717, 1.165) is 39.2 Å². The van der Waals surface area contributed by atoms with Crippen molar-refractivity contribution in [3.63, 3.8) is 0 Å². The van der Waals surface area contributed by atoms with E-state index in [2.05, 4.69) is 194 Å². The fraction of sp³-hybridized carbons (Fsp3) is 0. The van der Waals surface area contributed by atoms with Crippen molar-refractivity contribution in [1.29, 1.82) is 0 Å². The molecule has 0 saturated heterocycles. The van der Waals surface area contributed by atoms with Crippen molar-refractivity contribution in [2.45, 2.75) is 0 Å². The molecule has 0 fully saturated rings. The number of hydrogen-bond acceptors (Lipinski definition) is 2. The Labute approximate surface area is 338 Å². The van der Waals surface area contributed by atoms with E-state index < -0.39 is 0 Å². The zero-order valence-electron chi connectivity index (χ0n) is 31.7. The number of benzene rings is 9. The quantitative estimate of drug-likeness (QED) is 0.163. The minimum Gasteiger partial charge on any atom is -0.228 e. The molecule has 0 amide bonds. The Bertz CT molecular complexity index is 3100. The molecule has 0 N–H and O–H groups in total. The zero-order chi connectivity index (χ0) is 38.4. The normalized spacial score (nSPS) is 11.4. The van der Waals surface area contributed by atoms with Gasteiger partial charge in [-0.3, -0.25) is 0 Å². The number of fused-ring (bicyclic) bond motifs is 3. The summed E-state index contributed by atoms with van der Waals surface area (Å²) in [6, 6.07) is 78.1. The van der Waals surface area contributed by atoms with Crippen LogP contribution < -0.4 is 0 Å². The van der Waals surface area contributed by atoms with Crippen LogP contribution in [-0.4, -0.2) is 9.97 Å². The minimum atomic E-state index is 0.707. The van der Waals surface area contributed by atoms with Gasteiger partial charge >= 0.3 is 0 Å². The lowest BCUT2D eigenvalue weighted by Crippen LogP contribution is -1.96. The number of hydrogen-bond donors (Lipinski definition) is 0. The van der Waals surface area contributed by atoms with Crippen molar-refractivity contribution in [3.8, 4) is 101 Å². The fourth-order valence-corrected chi connectivity index (χ4v) is 8.64. The lowest BCUT2D eigenvalue weighted by molar-refractivity contribution is 1.18. The van der Waals surface area contributed by atoms with Crippen molar-refractivity contribution < 1.29 is 0 Å². The minimum absolute atomic E-state index is 0.707. The van der Waals surface area contributed by atoms with Crippen LogP contribution in [0.3, 0.4) is 0 Å². The van der Waals surface area contributed by atoms with Gasteiger partial charge in [0.1, 0.15) is 0 Å². The Balaban J connectivity index is 0.927. The highest BCUT2D eigenvalue weighted by Crippen LogP contribution is 2.49. The van der Waals surface area contributed by atoms with Gasteiger partial charge in [0.2, 0.25) is 0 Å². The average molecular weight is 737 g/mol. The summed E-state index contributed by atoms with van der Waals surface area (Å²) in [6.07, 6.45) is 0. The van der Waals surface area contributed by atoms with E-state index in [1.165, 1.54) is 66.4 Å². The highest BCUT2D eigenvalue weighted by atomic mass is 14.9. The Morgan fingerprint density at radius 3 is 1.29 bits per heavy atom. The smallest absolute Gasteiger partial charge is 0.160 e. The van der Waals surface area contributed by atoms with Crippen LogP contribution in [0.2, 0.25) is 0 Å². The van der Waals surface area contributed by atoms with Crippen molar-refractivity contribution >= 4 is 10.8 Å². The first-order valence-corrected chi connectivity index (χ1v) is 19.8. The van der Waals surface area contributed by atoms with Gasteiger partial charge in [0.25, 0.3) is 0 Å². The highest BCUT2D eigenvalue weighted by Gasteiger charge is 2.22. The predicted octanol–water partition coefficient (Wildman–Crippen LogP) is 14.9. The number of rotatable bonds is 7. The van der Waals surface area contributed by atoms with E-state index in [4.69, 9.17) is 9.97 Å². The maximum Gasteiger partial charge on any atom is 0.160 e. The van der Waals surface area contributed by atoms with Crippen LogP contribution >= 0.6 is 0 Å². The van der Waals surface area contributed by atoms with E-state index in [9.17, 15) is 0 Å². The SMILES string of the molecule is c1ccc(-c2cccc(-c3cc(-c4ccc(-c5ccccc5-c5ccc(-c6ccc7c8c(cccc68)-c6ccccc6-7)cc5)cc4)nc(-c4ccccc4)n3)c2)cc1. The van der Waals surface area contributed by atoms with Crippen LogP contribution in [0.4, 0.5) is 0 Å². The lowest BCUT2D eigenvalue weighted by atomic mass is 9.91. The molecule has 9 aromatic carbocycles. The topological polar surface area (TPSA) is 25.8 Å². The summed E-state index contributed by atoms with van der Waals surface area (Å²) in [5.74, 6) is 0.707. The summed E-state index contributed by atoms with van der Waals surface area (Å²) in [6.45, 7) is 0. The van der Waals surface area contributed by atoms with Crippen molar-refractivity contribution in [2.24, 2.45) is 0 Å². The molecule has 10 aromatic rings. The molecule has 0 aliphatic heterocycles. The molecule has 1 aliphatic rings. The van der Waals surface area contributed by atoms with Gasteiger partial charge in [-0.05, 0) is 89.7 Å². The van der Waals surface area contributed by atoms with E-state index in [0.29, 0.717) is 5.82 Å². The summed E-state index contributed by atoms with van der Waals surface area (Å²) in [4.78, 5) is 10.2. The monoisotopic (exact) mass is 736 g/mol. The van der Waals surface area contributed by atoms with E-state index in [1.807, 2.05) is 24.3 Å². The van der Waals surface area contributed by atoms with Gasteiger partial charge in [0.05, 0.1) is 11.4 Å². The standard InChI is InChI=1S/C56H36N2/c1-3-13-37(14-4-1)43-17-11-18-44(35-43)54-36-53(57-56(58-54)42-15-5-2-6-16-42)41-31-29-39(30-32-41)46-20-8-7-19-45(46)38-25-27-40(28-26-38)47-33-34-52-49-22-10-9-21-48(49)51-24-12-23-50(47)55(51)52/h1-36H. The molecule has 2 heteroatoms. The summed E-state index contributed by atoms with van der Waals surface area (Å²) in [7, 11) is 0. The molecule has 0 unspecified atom stereocenters. The molecule has 270 valence electrons. The van der Waals surface area contributed by atoms with Gasteiger partial charge in [-0.25, -0.2) is 9.97 Å². The van der Waals surface area contributed by atoms with E-state index in [-0.39, 0.29) is 0 Å². The van der Waals surface area contributed by atoms with Gasteiger partial charge in [0, 0.05) is 16.7 Å². The van der Waals surface area contributed by atoms with Crippen molar-refractivity contribution in [2.75, 3.05) is 0 Å². The molecule has 1 aliphatic carbocycles. The second-order valence-corrected chi connectivity index (χ2v) is 14.9. The summed E-state index contributed by atoms with van der Waals surface area (Å²) in [5.41, 5.74) is 19.7. The van der Waals surface area contributed by atoms with Crippen LogP contribution in [0, 0.1) is 0 Å². The maximum absolute atomic E-state index is 5.11. The molecule has 0 radical (unpaired) electrons. The molecular weight excluding hydrogens is 701 g/mol. The lowest BCUT2D eigenvalue weighted by Gasteiger charge is -2.13. The van der Waals surface area contributed by atoms with Crippen LogP contribution in [0.25, 0.3) is 111 Å². The second kappa shape index (κ2) is 14.1. The summed E-state index contributed by atoms with van der Waals surface area (Å²) < 4.78 is 0. The van der Waals surface area contributed by atoms with Gasteiger partial charge < -0.3 is 0 Å². The molecule has 58 heavy (non-hydrogen) atoms. The first kappa shape index (κ1) is 33.6. The Hall–Kier alpha value is -7.68. The van der Waals surface area contributed by atoms with Crippen LogP contribution in [-0.2, 0) is 0 Å². The second-order valence-electron chi connectivity index (χ2n) is 14.9. The third kappa shape index (κ3) is 5.91. The molecular formula is C56H36N2. The Morgan fingerprint density at radius 1 is 0.224 bits per heavy atom. The molecule has 0 saturated carbocycles. The number of nitrogens with zero attached hydrogens (tertiary/aromatic N) is 2. The fourth-order valence-electron chi connectivity index (χ4n) is 8.64. The number of aromatic nitrogens is 2. The van der Waals surface area contributed by atoms with Gasteiger partial charge in [-0.2, -0.15) is 0 Å². The molecule has 1 aromatic heterocycles. The first-order valence-electron chi connectivity index (χ1n) is 19.8.